The van der Waals surface area contributed by atoms with Gasteiger partial charge in [0.05, 0.1) is 19.1 Å². The Kier molecular flexibility index (Phi) is 2.58. The average Bonchev–Trinajstić information content (AvgIpc) is 2.81. The van der Waals surface area contributed by atoms with Crippen LogP contribution >= 0.6 is 0 Å². The van der Waals surface area contributed by atoms with E-state index in [-0.39, 0.29) is 0 Å². The second kappa shape index (κ2) is 4.04. The van der Waals surface area contributed by atoms with E-state index in [0.717, 1.165) is 17.1 Å². The van der Waals surface area contributed by atoms with Gasteiger partial charge in [0, 0.05) is 31.2 Å². The van der Waals surface area contributed by atoms with Crippen LogP contribution in [0.15, 0.2) is 36.9 Å². The summed E-state index contributed by atoms with van der Waals surface area (Å²) >= 11 is 0. The van der Waals surface area contributed by atoms with Crippen molar-refractivity contribution in [2.75, 3.05) is 19.5 Å². The van der Waals surface area contributed by atoms with Crippen LogP contribution in [0.4, 0.5) is 5.69 Å². The summed E-state index contributed by atoms with van der Waals surface area (Å²) < 4.78 is 7.24. The van der Waals surface area contributed by atoms with Gasteiger partial charge in [0.1, 0.15) is 5.75 Å². The zero-order chi connectivity index (χ0) is 10.7. The Labute approximate surface area is 88.5 Å². The van der Waals surface area contributed by atoms with Crippen LogP contribution in [0.5, 0.6) is 5.75 Å². The Morgan fingerprint density at radius 3 is 2.87 bits per heavy atom. The van der Waals surface area contributed by atoms with Gasteiger partial charge in [-0.25, -0.2) is 4.98 Å². The standard InChI is InChI=1S/C11H13N3O/c1-12-9-3-4-10(11(7-9)15-2)14-6-5-13-8-14/h3-8,12H,1-2H3. The number of hydrogen-bond donors (Lipinski definition) is 1. The van der Waals surface area contributed by atoms with Gasteiger partial charge in [-0.05, 0) is 12.1 Å². The molecule has 0 saturated heterocycles. The molecule has 0 aliphatic carbocycles. The Morgan fingerprint density at radius 2 is 2.27 bits per heavy atom. The number of hydrogen-bond acceptors (Lipinski definition) is 3. The van der Waals surface area contributed by atoms with Crippen LogP contribution in [0.1, 0.15) is 0 Å². The van der Waals surface area contributed by atoms with Crippen molar-refractivity contribution in [2.45, 2.75) is 0 Å². The fraction of sp³-hybridized carbons (Fsp3) is 0.182. The molecule has 4 nitrogen and oxygen atoms in total. The van der Waals surface area contributed by atoms with Crippen molar-refractivity contribution in [1.82, 2.24) is 9.55 Å². The summed E-state index contributed by atoms with van der Waals surface area (Å²) in [5.41, 5.74) is 2.00. The van der Waals surface area contributed by atoms with E-state index in [2.05, 4.69) is 10.3 Å². The highest BCUT2D eigenvalue weighted by Gasteiger charge is 2.04. The molecule has 0 aliphatic rings. The van der Waals surface area contributed by atoms with E-state index in [4.69, 9.17) is 4.74 Å². The molecule has 15 heavy (non-hydrogen) atoms. The lowest BCUT2D eigenvalue weighted by Crippen LogP contribution is -1.97. The van der Waals surface area contributed by atoms with Gasteiger partial charge in [-0.3, -0.25) is 0 Å². The van der Waals surface area contributed by atoms with Gasteiger partial charge in [-0.1, -0.05) is 0 Å². The summed E-state index contributed by atoms with van der Waals surface area (Å²) in [4.78, 5) is 4.01. The van der Waals surface area contributed by atoms with Gasteiger partial charge < -0.3 is 14.6 Å². The Morgan fingerprint density at radius 1 is 1.40 bits per heavy atom. The van der Waals surface area contributed by atoms with Crippen molar-refractivity contribution in [3.63, 3.8) is 0 Å². The summed E-state index contributed by atoms with van der Waals surface area (Å²) in [6.07, 6.45) is 5.37. The summed E-state index contributed by atoms with van der Waals surface area (Å²) in [6.45, 7) is 0. The molecule has 0 radical (unpaired) electrons. The molecule has 1 aromatic heterocycles. The number of imidazole rings is 1. The number of benzene rings is 1. The van der Waals surface area contributed by atoms with Crippen molar-refractivity contribution >= 4 is 5.69 Å². The molecule has 0 atom stereocenters. The number of nitrogens with zero attached hydrogens (tertiary/aromatic N) is 2. The molecule has 2 rings (SSSR count). The zero-order valence-corrected chi connectivity index (χ0v) is 8.77. The van der Waals surface area contributed by atoms with Crippen LogP contribution < -0.4 is 10.1 Å². The minimum atomic E-state index is 0.819. The number of aromatic nitrogens is 2. The Balaban J connectivity index is 2.48. The quantitative estimate of drug-likeness (QED) is 0.828. The Bertz CT molecular complexity index is 437. The van der Waals surface area contributed by atoms with E-state index >= 15 is 0 Å². The van der Waals surface area contributed by atoms with E-state index in [0.29, 0.717) is 0 Å². The van der Waals surface area contributed by atoms with E-state index in [1.807, 2.05) is 36.0 Å². The van der Waals surface area contributed by atoms with Crippen LogP contribution in [0.25, 0.3) is 5.69 Å². The molecule has 0 bridgehead atoms. The number of nitrogens with one attached hydrogen (secondary N) is 1. The third kappa shape index (κ3) is 1.79. The van der Waals surface area contributed by atoms with Crippen molar-refractivity contribution < 1.29 is 4.74 Å². The van der Waals surface area contributed by atoms with Crippen LogP contribution in [0.3, 0.4) is 0 Å². The first-order valence-electron chi connectivity index (χ1n) is 4.69. The average molecular weight is 203 g/mol. The van der Waals surface area contributed by atoms with Gasteiger partial charge in [-0.2, -0.15) is 0 Å². The lowest BCUT2D eigenvalue weighted by Gasteiger charge is -2.10. The number of ether oxygens (including phenoxy) is 1. The predicted molar refractivity (Wildman–Crippen MR) is 59.7 cm³/mol. The maximum absolute atomic E-state index is 5.32. The summed E-state index contributed by atoms with van der Waals surface area (Å²) in [7, 11) is 3.54. The van der Waals surface area contributed by atoms with Crippen molar-refractivity contribution in [2.24, 2.45) is 0 Å². The molecule has 1 N–H and O–H groups in total. The topological polar surface area (TPSA) is 39.1 Å². The predicted octanol–water partition coefficient (Wildman–Crippen LogP) is 1.92. The minimum Gasteiger partial charge on any atom is -0.494 e. The first kappa shape index (κ1) is 9.58. The van der Waals surface area contributed by atoms with Gasteiger partial charge in [0.15, 0.2) is 0 Å². The highest BCUT2D eigenvalue weighted by Crippen LogP contribution is 2.25. The van der Waals surface area contributed by atoms with E-state index in [1.165, 1.54) is 0 Å². The first-order chi connectivity index (χ1) is 7.35. The molecule has 0 aliphatic heterocycles. The number of methoxy groups -OCH3 is 1. The maximum Gasteiger partial charge on any atom is 0.144 e. The highest BCUT2D eigenvalue weighted by molar-refractivity contribution is 5.57. The van der Waals surface area contributed by atoms with E-state index in [9.17, 15) is 0 Å². The number of anilines is 1. The second-order valence-electron chi connectivity index (χ2n) is 3.11. The molecular formula is C11H13N3O. The van der Waals surface area contributed by atoms with Crippen LogP contribution in [0, 0.1) is 0 Å². The minimum absolute atomic E-state index is 0.819. The monoisotopic (exact) mass is 203 g/mol. The normalized spacial score (nSPS) is 10.0. The lowest BCUT2D eigenvalue weighted by molar-refractivity contribution is 0.413. The van der Waals surface area contributed by atoms with Crippen molar-refractivity contribution in [3.8, 4) is 11.4 Å². The second-order valence-corrected chi connectivity index (χ2v) is 3.11. The van der Waals surface area contributed by atoms with E-state index in [1.54, 1.807) is 19.6 Å². The summed E-state index contributed by atoms with van der Waals surface area (Å²) in [5, 5.41) is 3.07. The zero-order valence-electron chi connectivity index (χ0n) is 8.77. The molecule has 0 saturated carbocycles. The molecule has 2 aromatic rings. The van der Waals surface area contributed by atoms with Crippen LogP contribution in [0.2, 0.25) is 0 Å². The van der Waals surface area contributed by atoms with Crippen molar-refractivity contribution in [1.29, 1.82) is 0 Å². The van der Waals surface area contributed by atoms with Gasteiger partial charge >= 0.3 is 0 Å². The molecule has 1 aromatic carbocycles. The summed E-state index contributed by atoms with van der Waals surface area (Å²) in [5.74, 6) is 0.819. The molecule has 78 valence electrons. The maximum atomic E-state index is 5.32. The molecule has 0 spiro atoms. The van der Waals surface area contributed by atoms with Gasteiger partial charge in [0.25, 0.3) is 0 Å². The molecule has 0 amide bonds. The molecule has 1 heterocycles. The first-order valence-corrected chi connectivity index (χ1v) is 4.69. The fourth-order valence-corrected chi connectivity index (χ4v) is 1.45. The highest BCUT2D eigenvalue weighted by atomic mass is 16.5. The Hall–Kier alpha value is -1.97. The number of rotatable bonds is 3. The third-order valence-electron chi connectivity index (χ3n) is 2.25. The summed E-state index contributed by atoms with van der Waals surface area (Å²) in [6, 6.07) is 5.94. The SMILES string of the molecule is CNc1ccc(-n2ccnc2)c(OC)c1. The largest absolute Gasteiger partial charge is 0.494 e. The van der Waals surface area contributed by atoms with Crippen molar-refractivity contribution in [3.05, 3.63) is 36.9 Å². The molecule has 0 unspecified atom stereocenters. The van der Waals surface area contributed by atoms with Gasteiger partial charge in [-0.15, -0.1) is 0 Å². The smallest absolute Gasteiger partial charge is 0.144 e. The third-order valence-corrected chi connectivity index (χ3v) is 2.25. The fourth-order valence-electron chi connectivity index (χ4n) is 1.45. The van der Waals surface area contributed by atoms with Crippen LogP contribution in [-0.4, -0.2) is 23.7 Å². The molecule has 4 heteroatoms. The lowest BCUT2D eigenvalue weighted by atomic mass is 10.2. The van der Waals surface area contributed by atoms with E-state index < -0.39 is 0 Å². The van der Waals surface area contributed by atoms with Crippen LogP contribution in [-0.2, 0) is 0 Å². The molecular weight excluding hydrogens is 190 g/mol. The molecule has 0 fully saturated rings. The van der Waals surface area contributed by atoms with Gasteiger partial charge in [0.2, 0.25) is 0 Å².